The Morgan fingerprint density at radius 3 is 2.28 bits per heavy atom. The van der Waals surface area contributed by atoms with Crippen LogP contribution in [0.15, 0.2) is 36.4 Å². The largest absolute Gasteiger partial charge is 0.497 e. The molecule has 25 heavy (non-hydrogen) atoms. The predicted molar refractivity (Wildman–Crippen MR) is 99.0 cm³/mol. The number of anilines is 2. The molecule has 0 radical (unpaired) electrons. The normalized spacial score (nSPS) is 10.1. The summed E-state index contributed by atoms with van der Waals surface area (Å²) in [5.41, 5.74) is 2.50. The molecule has 0 aliphatic rings. The molecule has 0 bridgehead atoms. The summed E-state index contributed by atoms with van der Waals surface area (Å²) in [6.07, 6.45) is 0.303. The van der Waals surface area contributed by atoms with Gasteiger partial charge in [0, 0.05) is 19.0 Å². The number of hydrogen-bond donors (Lipinski definition) is 2. The molecule has 0 fully saturated rings. The number of aryl methyl sites for hydroxylation is 1. The molecule has 0 spiro atoms. The van der Waals surface area contributed by atoms with Crippen LogP contribution in [-0.4, -0.2) is 33.8 Å². The molecule has 2 N–H and O–H groups in total. The molecule has 6 heteroatoms. The lowest BCUT2D eigenvalue weighted by Gasteiger charge is -2.13. The topological polar surface area (TPSA) is 68.8 Å². The Kier molecular flexibility index (Phi) is 6.51. The van der Waals surface area contributed by atoms with E-state index >= 15 is 0 Å². The van der Waals surface area contributed by atoms with Crippen LogP contribution in [0.5, 0.6) is 17.2 Å². The van der Waals surface area contributed by atoms with E-state index in [1.165, 1.54) is 0 Å². The lowest BCUT2D eigenvalue weighted by atomic mass is 10.2. The molecule has 0 heterocycles. The number of carbonyl (C=O) groups is 1. The lowest BCUT2D eigenvalue weighted by molar-refractivity contribution is -0.116. The first kappa shape index (κ1) is 18.4. The van der Waals surface area contributed by atoms with Crippen molar-refractivity contribution in [2.45, 2.75) is 13.3 Å². The third-order valence-electron chi connectivity index (χ3n) is 3.70. The molecule has 2 rings (SSSR count). The third-order valence-corrected chi connectivity index (χ3v) is 3.70. The average Bonchev–Trinajstić information content (AvgIpc) is 2.61. The summed E-state index contributed by atoms with van der Waals surface area (Å²) in [5, 5.41) is 6.08. The summed E-state index contributed by atoms with van der Waals surface area (Å²) in [7, 11) is 4.79. The average molecular weight is 344 g/mol. The first-order chi connectivity index (χ1) is 12.1. The number of methoxy groups -OCH3 is 3. The molecule has 0 atom stereocenters. The van der Waals surface area contributed by atoms with Crippen molar-refractivity contribution in [1.29, 1.82) is 0 Å². The maximum absolute atomic E-state index is 12.2. The molecule has 0 saturated heterocycles. The third kappa shape index (κ3) is 5.04. The molecule has 2 aromatic carbocycles. The highest BCUT2D eigenvalue weighted by molar-refractivity contribution is 5.92. The molecule has 134 valence electrons. The van der Waals surface area contributed by atoms with Crippen molar-refractivity contribution in [2.24, 2.45) is 0 Å². The highest BCUT2D eigenvalue weighted by atomic mass is 16.5. The summed E-state index contributed by atoms with van der Waals surface area (Å²) < 4.78 is 15.8. The molecule has 1 amide bonds. The number of hydrogen-bond acceptors (Lipinski definition) is 5. The predicted octanol–water partition coefficient (Wildman–Crippen LogP) is 3.46. The van der Waals surface area contributed by atoms with E-state index in [0.29, 0.717) is 30.2 Å². The minimum absolute atomic E-state index is 0.0988. The van der Waals surface area contributed by atoms with Gasteiger partial charge in [-0.1, -0.05) is 6.07 Å². The number of ether oxygens (including phenoxy) is 3. The monoisotopic (exact) mass is 344 g/mol. The molecule has 0 aliphatic heterocycles. The summed E-state index contributed by atoms with van der Waals surface area (Å²) in [4.78, 5) is 12.2. The smallest absolute Gasteiger partial charge is 0.226 e. The van der Waals surface area contributed by atoms with Crippen LogP contribution in [0.25, 0.3) is 0 Å². The second kappa shape index (κ2) is 8.82. The van der Waals surface area contributed by atoms with E-state index in [0.717, 1.165) is 17.0 Å². The SMILES string of the molecule is COc1ccc(OC)c(NCCC(=O)Nc2cc(C)ccc2OC)c1. The highest BCUT2D eigenvalue weighted by Gasteiger charge is 2.09. The number of rotatable bonds is 8. The number of benzene rings is 2. The highest BCUT2D eigenvalue weighted by Crippen LogP contribution is 2.29. The van der Waals surface area contributed by atoms with E-state index in [4.69, 9.17) is 14.2 Å². The van der Waals surface area contributed by atoms with Gasteiger partial charge in [-0.15, -0.1) is 0 Å². The molecule has 0 aromatic heterocycles. The Hall–Kier alpha value is -2.89. The quantitative estimate of drug-likeness (QED) is 0.767. The van der Waals surface area contributed by atoms with Gasteiger partial charge in [0.1, 0.15) is 17.2 Å². The van der Waals surface area contributed by atoms with Crippen LogP contribution >= 0.6 is 0 Å². The molecule has 2 aromatic rings. The second-order valence-corrected chi connectivity index (χ2v) is 5.49. The maximum atomic E-state index is 12.2. The summed E-state index contributed by atoms with van der Waals surface area (Å²) in [5.74, 6) is 1.96. The molecule has 0 unspecified atom stereocenters. The number of carbonyl (C=O) groups excluding carboxylic acids is 1. The van der Waals surface area contributed by atoms with Crippen molar-refractivity contribution in [3.05, 3.63) is 42.0 Å². The zero-order valence-corrected chi connectivity index (χ0v) is 15.0. The Bertz CT molecular complexity index is 731. The van der Waals surface area contributed by atoms with Gasteiger partial charge in [0.05, 0.1) is 32.7 Å². The molecular formula is C19H24N2O4. The van der Waals surface area contributed by atoms with Gasteiger partial charge in [-0.25, -0.2) is 0 Å². The van der Waals surface area contributed by atoms with Crippen molar-refractivity contribution < 1.29 is 19.0 Å². The van der Waals surface area contributed by atoms with Crippen molar-refractivity contribution in [3.63, 3.8) is 0 Å². The van der Waals surface area contributed by atoms with Crippen molar-refractivity contribution in [3.8, 4) is 17.2 Å². The van der Waals surface area contributed by atoms with Crippen molar-refractivity contribution in [2.75, 3.05) is 38.5 Å². The minimum Gasteiger partial charge on any atom is -0.497 e. The fourth-order valence-electron chi connectivity index (χ4n) is 2.40. The van der Waals surface area contributed by atoms with Crippen LogP contribution in [0.4, 0.5) is 11.4 Å². The van der Waals surface area contributed by atoms with E-state index in [1.807, 2.05) is 43.3 Å². The molecule has 0 saturated carbocycles. The zero-order valence-electron chi connectivity index (χ0n) is 15.0. The Balaban J connectivity index is 1.94. The van der Waals surface area contributed by atoms with Gasteiger partial charge in [-0.3, -0.25) is 4.79 Å². The second-order valence-electron chi connectivity index (χ2n) is 5.49. The van der Waals surface area contributed by atoms with Gasteiger partial charge in [0.25, 0.3) is 0 Å². The van der Waals surface area contributed by atoms with Gasteiger partial charge in [-0.2, -0.15) is 0 Å². The van der Waals surface area contributed by atoms with E-state index in [9.17, 15) is 4.79 Å². The number of nitrogens with one attached hydrogen (secondary N) is 2. The van der Waals surface area contributed by atoms with E-state index in [-0.39, 0.29) is 5.91 Å². The fourth-order valence-corrected chi connectivity index (χ4v) is 2.40. The first-order valence-corrected chi connectivity index (χ1v) is 7.97. The van der Waals surface area contributed by atoms with Crippen LogP contribution in [-0.2, 0) is 4.79 Å². The Labute approximate surface area is 148 Å². The Morgan fingerprint density at radius 2 is 1.60 bits per heavy atom. The summed E-state index contributed by atoms with van der Waals surface area (Å²) in [6.45, 7) is 2.43. The zero-order chi connectivity index (χ0) is 18.2. The lowest BCUT2D eigenvalue weighted by Crippen LogP contribution is -2.17. The maximum Gasteiger partial charge on any atom is 0.226 e. The van der Waals surface area contributed by atoms with Gasteiger partial charge < -0.3 is 24.8 Å². The van der Waals surface area contributed by atoms with Gasteiger partial charge in [0.15, 0.2) is 0 Å². The molecule has 0 aliphatic carbocycles. The standard InChI is InChI=1S/C19H24N2O4/c1-13-5-7-18(25-4)16(11-13)21-19(22)9-10-20-15-12-14(23-2)6-8-17(15)24-3/h5-8,11-12,20H,9-10H2,1-4H3,(H,21,22). The fraction of sp³-hybridized carbons (Fsp3) is 0.316. The first-order valence-electron chi connectivity index (χ1n) is 7.97. The minimum atomic E-state index is -0.0988. The van der Waals surface area contributed by atoms with Crippen molar-refractivity contribution >= 4 is 17.3 Å². The summed E-state index contributed by atoms with van der Waals surface area (Å²) in [6, 6.07) is 11.1. The van der Waals surface area contributed by atoms with Crippen LogP contribution < -0.4 is 24.8 Å². The van der Waals surface area contributed by atoms with Gasteiger partial charge >= 0.3 is 0 Å². The Morgan fingerprint density at radius 1 is 0.920 bits per heavy atom. The molecule has 6 nitrogen and oxygen atoms in total. The number of amides is 1. The molecular weight excluding hydrogens is 320 g/mol. The van der Waals surface area contributed by atoms with Crippen LogP contribution in [0.2, 0.25) is 0 Å². The van der Waals surface area contributed by atoms with Gasteiger partial charge in [-0.05, 0) is 36.8 Å². The summed E-state index contributed by atoms with van der Waals surface area (Å²) >= 11 is 0. The van der Waals surface area contributed by atoms with Crippen LogP contribution in [0, 0.1) is 6.92 Å². The van der Waals surface area contributed by atoms with Crippen molar-refractivity contribution in [1.82, 2.24) is 0 Å². The van der Waals surface area contributed by atoms with Gasteiger partial charge in [0.2, 0.25) is 5.91 Å². The van der Waals surface area contributed by atoms with Crippen LogP contribution in [0.1, 0.15) is 12.0 Å². The van der Waals surface area contributed by atoms with E-state index < -0.39 is 0 Å². The van der Waals surface area contributed by atoms with E-state index in [1.54, 1.807) is 21.3 Å². The van der Waals surface area contributed by atoms with Crippen LogP contribution in [0.3, 0.4) is 0 Å². The van der Waals surface area contributed by atoms with E-state index in [2.05, 4.69) is 10.6 Å².